The molecule has 0 aromatic heterocycles. The standard InChI is InChI=1S/C11H22N2O2/c1-13(2,3)9-5-4-6-11(10(14)15)7-8-12-11/h12H,4-9H2,1-3H3/p+1/t11-/m1/s1. The zero-order valence-corrected chi connectivity index (χ0v) is 10.0. The van der Waals surface area contributed by atoms with Gasteiger partial charge in [-0.2, -0.15) is 0 Å². The van der Waals surface area contributed by atoms with Crippen LogP contribution in [0.3, 0.4) is 0 Å². The van der Waals surface area contributed by atoms with E-state index in [1.165, 1.54) is 0 Å². The Morgan fingerprint density at radius 2 is 2.00 bits per heavy atom. The van der Waals surface area contributed by atoms with Crippen LogP contribution in [0.1, 0.15) is 25.7 Å². The van der Waals surface area contributed by atoms with Crippen molar-refractivity contribution < 1.29 is 14.4 Å². The first-order valence-corrected chi connectivity index (χ1v) is 5.65. The van der Waals surface area contributed by atoms with Crippen LogP contribution in [0.5, 0.6) is 0 Å². The molecule has 1 rings (SSSR count). The number of carboxylic acids is 1. The van der Waals surface area contributed by atoms with Gasteiger partial charge in [-0.15, -0.1) is 0 Å². The molecule has 1 atom stereocenters. The highest BCUT2D eigenvalue weighted by molar-refractivity contribution is 5.80. The van der Waals surface area contributed by atoms with Crippen molar-refractivity contribution >= 4 is 5.97 Å². The fraction of sp³-hybridized carbons (Fsp3) is 0.909. The molecule has 0 amide bonds. The molecular weight excluding hydrogens is 192 g/mol. The van der Waals surface area contributed by atoms with Gasteiger partial charge in [0.2, 0.25) is 0 Å². The quantitative estimate of drug-likeness (QED) is 0.506. The average Bonchev–Trinajstić information content (AvgIpc) is 1.98. The van der Waals surface area contributed by atoms with Crippen molar-refractivity contribution in [3.05, 3.63) is 0 Å². The molecule has 0 aromatic carbocycles. The van der Waals surface area contributed by atoms with Crippen molar-refractivity contribution in [3.63, 3.8) is 0 Å². The highest BCUT2D eigenvalue weighted by Crippen LogP contribution is 2.25. The van der Waals surface area contributed by atoms with E-state index in [0.29, 0.717) is 0 Å². The monoisotopic (exact) mass is 215 g/mol. The molecule has 0 spiro atoms. The fourth-order valence-corrected chi connectivity index (χ4v) is 1.94. The predicted octanol–water partition coefficient (Wildman–Crippen LogP) is 0.680. The van der Waals surface area contributed by atoms with E-state index in [1.54, 1.807) is 0 Å². The highest BCUT2D eigenvalue weighted by atomic mass is 16.4. The van der Waals surface area contributed by atoms with Crippen molar-refractivity contribution in [1.29, 1.82) is 0 Å². The Labute approximate surface area is 91.9 Å². The Kier molecular flexibility index (Phi) is 3.73. The van der Waals surface area contributed by atoms with Gasteiger partial charge in [-0.1, -0.05) is 0 Å². The van der Waals surface area contributed by atoms with Gasteiger partial charge in [0.15, 0.2) is 0 Å². The maximum Gasteiger partial charge on any atom is 0.323 e. The highest BCUT2D eigenvalue weighted by Gasteiger charge is 2.43. The van der Waals surface area contributed by atoms with Crippen LogP contribution in [0.15, 0.2) is 0 Å². The Morgan fingerprint density at radius 1 is 1.40 bits per heavy atom. The number of carbonyl (C=O) groups is 1. The third-order valence-corrected chi connectivity index (χ3v) is 3.11. The topological polar surface area (TPSA) is 49.3 Å². The Bertz CT molecular complexity index is 229. The first kappa shape index (κ1) is 12.5. The summed E-state index contributed by atoms with van der Waals surface area (Å²) in [6, 6.07) is 0. The molecule has 0 radical (unpaired) electrons. The van der Waals surface area contributed by atoms with E-state index in [9.17, 15) is 4.79 Å². The number of aliphatic carboxylic acids is 1. The Morgan fingerprint density at radius 3 is 2.33 bits per heavy atom. The molecule has 1 saturated heterocycles. The average molecular weight is 215 g/mol. The van der Waals surface area contributed by atoms with Crippen LogP contribution >= 0.6 is 0 Å². The lowest BCUT2D eigenvalue weighted by molar-refractivity contribution is -0.870. The third kappa shape index (κ3) is 3.47. The Hall–Kier alpha value is -0.610. The van der Waals surface area contributed by atoms with Crippen LogP contribution in [-0.2, 0) is 4.79 Å². The lowest BCUT2D eigenvalue weighted by Crippen LogP contribution is -2.62. The van der Waals surface area contributed by atoms with Crippen LogP contribution in [0, 0.1) is 0 Å². The van der Waals surface area contributed by atoms with E-state index in [4.69, 9.17) is 5.11 Å². The first-order chi connectivity index (χ1) is 6.86. The number of rotatable bonds is 6. The molecule has 0 saturated carbocycles. The minimum Gasteiger partial charge on any atom is -0.480 e. The number of hydrogen-bond acceptors (Lipinski definition) is 2. The van der Waals surface area contributed by atoms with Gasteiger partial charge in [-0.25, -0.2) is 0 Å². The van der Waals surface area contributed by atoms with E-state index in [0.717, 1.165) is 43.3 Å². The van der Waals surface area contributed by atoms with Crippen LogP contribution in [-0.4, -0.2) is 55.3 Å². The summed E-state index contributed by atoms with van der Waals surface area (Å²) in [6.07, 6.45) is 3.64. The van der Waals surface area contributed by atoms with Crippen molar-refractivity contribution in [2.45, 2.75) is 31.2 Å². The van der Waals surface area contributed by atoms with Crippen molar-refractivity contribution in [2.75, 3.05) is 34.2 Å². The van der Waals surface area contributed by atoms with Crippen LogP contribution in [0.25, 0.3) is 0 Å². The second kappa shape index (κ2) is 4.49. The molecule has 88 valence electrons. The molecule has 4 heteroatoms. The number of hydrogen-bond donors (Lipinski definition) is 2. The Balaban J connectivity index is 2.22. The molecule has 4 nitrogen and oxygen atoms in total. The number of nitrogens with zero attached hydrogens (tertiary/aromatic N) is 1. The minimum atomic E-state index is -0.681. The largest absolute Gasteiger partial charge is 0.480 e. The molecular formula is C11H23N2O2+. The number of nitrogens with one attached hydrogen (secondary N) is 1. The van der Waals surface area contributed by atoms with E-state index >= 15 is 0 Å². The maximum atomic E-state index is 11.0. The smallest absolute Gasteiger partial charge is 0.323 e. The van der Waals surface area contributed by atoms with Gasteiger partial charge < -0.3 is 14.9 Å². The molecule has 1 heterocycles. The van der Waals surface area contributed by atoms with Crippen molar-refractivity contribution in [1.82, 2.24) is 5.32 Å². The van der Waals surface area contributed by atoms with Gasteiger partial charge in [0.25, 0.3) is 0 Å². The first-order valence-electron chi connectivity index (χ1n) is 5.65. The zero-order valence-electron chi connectivity index (χ0n) is 10.0. The molecule has 0 unspecified atom stereocenters. The van der Waals surface area contributed by atoms with Crippen molar-refractivity contribution in [3.8, 4) is 0 Å². The molecule has 1 aliphatic rings. The summed E-state index contributed by atoms with van der Waals surface area (Å²) in [5, 5.41) is 12.1. The van der Waals surface area contributed by atoms with Gasteiger partial charge in [0.1, 0.15) is 5.54 Å². The number of carboxylic acid groups (broad SMARTS) is 1. The summed E-state index contributed by atoms with van der Waals surface area (Å²) >= 11 is 0. The van der Waals surface area contributed by atoms with Crippen LogP contribution in [0.2, 0.25) is 0 Å². The number of unbranched alkanes of at least 4 members (excludes halogenated alkanes) is 1. The molecule has 1 fully saturated rings. The third-order valence-electron chi connectivity index (χ3n) is 3.11. The van der Waals surface area contributed by atoms with E-state index < -0.39 is 11.5 Å². The van der Waals surface area contributed by atoms with Gasteiger partial charge in [-0.3, -0.25) is 4.79 Å². The minimum absolute atomic E-state index is 0.592. The maximum absolute atomic E-state index is 11.0. The SMILES string of the molecule is C[N+](C)(C)CCCC[C@]1(C(=O)O)CCN1. The fourth-order valence-electron chi connectivity index (χ4n) is 1.94. The van der Waals surface area contributed by atoms with Gasteiger partial charge in [-0.05, 0) is 32.2 Å². The van der Waals surface area contributed by atoms with E-state index in [2.05, 4.69) is 26.5 Å². The van der Waals surface area contributed by atoms with E-state index in [-0.39, 0.29) is 0 Å². The molecule has 0 aliphatic carbocycles. The van der Waals surface area contributed by atoms with Gasteiger partial charge in [0.05, 0.1) is 27.7 Å². The summed E-state index contributed by atoms with van der Waals surface area (Å²) in [5.41, 5.74) is -0.592. The summed E-state index contributed by atoms with van der Waals surface area (Å²) in [4.78, 5) is 11.0. The second-order valence-corrected chi connectivity index (χ2v) is 5.54. The van der Waals surface area contributed by atoms with Crippen LogP contribution < -0.4 is 5.32 Å². The van der Waals surface area contributed by atoms with E-state index in [1.807, 2.05) is 0 Å². The molecule has 2 N–H and O–H groups in total. The lowest BCUT2D eigenvalue weighted by Gasteiger charge is -2.39. The summed E-state index contributed by atoms with van der Waals surface area (Å²) in [5.74, 6) is -0.681. The van der Waals surface area contributed by atoms with Gasteiger partial charge in [0, 0.05) is 0 Å². The molecule has 1 aliphatic heterocycles. The van der Waals surface area contributed by atoms with Crippen molar-refractivity contribution in [2.24, 2.45) is 0 Å². The second-order valence-electron chi connectivity index (χ2n) is 5.54. The number of quaternary nitrogens is 1. The van der Waals surface area contributed by atoms with Gasteiger partial charge >= 0.3 is 5.97 Å². The normalized spacial score (nSPS) is 26.1. The molecule has 15 heavy (non-hydrogen) atoms. The molecule has 0 aromatic rings. The summed E-state index contributed by atoms with van der Waals surface area (Å²) in [6.45, 7) is 1.96. The predicted molar refractivity (Wildman–Crippen MR) is 59.7 cm³/mol. The molecule has 0 bridgehead atoms. The summed E-state index contributed by atoms with van der Waals surface area (Å²) < 4.78 is 0.952. The zero-order chi connectivity index (χ0) is 11.5. The summed E-state index contributed by atoms with van der Waals surface area (Å²) in [7, 11) is 6.48. The van der Waals surface area contributed by atoms with Crippen LogP contribution in [0.4, 0.5) is 0 Å². The lowest BCUT2D eigenvalue weighted by atomic mass is 9.83.